The molecule has 0 amide bonds. The number of carbonyl (C=O) groups is 1. The molecule has 0 bridgehead atoms. The van der Waals surface area contributed by atoms with Gasteiger partial charge in [-0.15, -0.1) is 11.3 Å². The summed E-state index contributed by atoms with van der Waals surface area (Å²) in [6.07, 6.45) is 1.75. The van der Waals surface area contributed by atoms with Gasteiger partial charge in [-0.2, -0.15) is 0 Å². The fourth-order valence-corrected chi connectivity index (χ4v) is 2.53. The van der Waals surface area contributed by atoms with Gasteiger partial charge in [0.2, 0.25) is 0 Å². The minimum atomic E-state index is -0.703. The molecule has 1 N–H and O–H groups in total. The van der Waals surface area contributed by atoms with Crippen LogP contribution in [0.3, 0.4) is 0 Å². The van der Waals surface area contributed by atoms with Crippen LogP contribution in [-0.2, 0) is 4.79 Å². The largest absolute Gasteiger partial charge is 0.480 e. The Morgan fingerprint density at radius 2 is 2.54 bits per heavy atom. The van der Waals surface area contributed by atoms with Crippen LogP contribution in [0, 0.1) is 0 Å². The molecular weight excluding hydrogens is 186 g/mol. The number of nitrogens with zero attached hydrogens (tertiary/aromatic N) is 1. The van der Waals surface area contributed by atoms with Gasteiger partial charge in [-0.3, -0.25) is 0 Å². The zero-order valence-electron chi connectivity index (χ0n) is 7.14. The van der Waals surface area contributed by atoms with Gasteiger partial charge in [0.05, 0.1) is 5.00 Å². The summed E-state index contributed by atoms with van der Waals surface area (Å²) >= 11 is 1.60. The summed E-state index contributed by atoms with van der Waals surface area (Å²) in [6, 6.07) is 3.63. The van der Waals surface area contributed by atoms with Crippen LogP contribution in [0.2, 0.25) is 0 Å². The van der Waals surface area contributed by atoms with Gasteiger partial charge in [-0.1, -0.05) is 0 Å². The monoisotopic (exact) mass is 197 g/mol. The molecule has 0 radical (unpaired) electrons. The number of carboxylic acid groups (broad SMARTS) is 1. The number of hydrogen-bond acceptors (Lipinski definition) is 3. The highest BCUT2D eigenvalue weighted by molar-refractivity contribution is 7.14. The number of hydrogen-bond donors (Lipinski definition) is 1. The van der Waals surface area contributed by atoms with Crippen molar-refractivity contribution in [2.24, 2.45) is 0 Å². The molecule has 1 aliphatic rings. The van der Waals surface area contributed by atoms with Crippen molar-refractivity contribution in [2.45, 2.75) is 18.9 Å². The van der Waals surface area contributed by atoms with E-state index in [1.807, 2.05) is 22.4 Å². The zero-order chi connectivity index (χ0) is 9.26. The van der Waals surface area contributed by atoms with Crippen LogP contribution in [0.4, 0.5) is 5.00 Å². The van der Waals surface area contributed by atoms with E-state index in [0.717, 1.165) is 24.4 Å². The number of aliphatic carboxylic acids is 1. The van der Waals surface area contributed by atoms with Crippen molar-refractivity contribution >= 4 is 22.3 Å². The number of thiophene rings is 1. The highest BCUT2D eigenvalue weighted by atomic mass is 32.1. The van der Waals surface area contributed by atoms with Crippen LogP contribution in [0.1, 0.15) is 12.8 Å². The van der Waals surface area contributed by atoms with Gasteiger partial charge >= 0.3 is 5.97 Å². The lowest BCUT2D eigenvalue weighted by molar-refractivity contribution is -0.138. The topological polar surface area (TPSA) is 40.5 Å². The van der Waals surface area contributed by atoms with E-state index in [2.05, 4.69) is 0 Å². The molecule has 4 heteroatoms. The molecule has 0 aliphatic carbocycles. The Balaban J connectivity index is 2.19. The molecule has 70 valence electrons. The second kappa shape index (κ2) is 3.38. The Bertz CT molecular complexity index is 297. The third kappa shape index (κ3) is 1.54. The van der Waals surface area contributed by atoms with E-state index in [1.54, 1.807) is 11.3 Å². The number of anilines is 1. The molecule has 13 heavy (non-hydrogen) atoms. The summed E-state index contributed by atoms with van der Waals surface area (Å²) in [6.45, 7) is 0.872. The predicted octanol–water partition coefficient (Wildman–Crippen LogP) is 1.80. The molecule has 1 aromatic heterocycles. The van der Waals surface area contributed by atoms with E-state index in [0.29, 0.717) is 0 Å². The molecule has 0 saturated carbocycles. The highest BCUT2D eigenvalue weighted by Crippen LogP contribution is 2.29. The minimum absolute atomic E-state index is 0.307. The van der Waals surface area contributed by atoms with E-state index < -0.39 is 5.97 Å². The van der Waals surface area contributed by atoms with Crippen LogP contribution >= 0.6 is 11.3 Å². The quantitative estimate of drug-likeness (QED) is 0.786. The molecule has 0 spiro atoms. The van der Waals surface area contributed by atoms with Crippen LogP contribution in [0.15, 0.2) is 17.5 Å². The van der Waals surface area contributed by atoms with Crippen molar-refractivity contribution in [1.82, 2.24) is 0 Å². The molecule has 1 aliphatic heterocycles. The summed E-state index contributed by atoms with van der Waals surface area (Å²) in [5, 5.41) is 12.0. The Labute approximate surface area is 80.6 Å². The smallest absolute Gasteiger partial charge is 0.326 e. The van der Waals surface area contributed by atoms with Crippen molar-refractivity contribution in [3.05, 3.63) is 17.5 Å². The lowest BCUT2D eigenvalue weighted by atomic mass is 10.2. The molecule has 3 nitrogen and oxygen atoms in total. The first-order valence-corrected chi connectivity index (χ1v) is 5.20. The van der Waals surface area contributed by atoms with Crippen LogP contribution in [0.5, 0.6) is 0 Å². The summed E-state index contributed by atoms with van der Waals surface area (Å²) in [4.78, 5) is 12.8. The first kappa shape index (κ1) is 8.56. The normalized spacial score (nSPS) is 22.2. The van der Waals surface area contributed by atoms with E-state index >= 15 is 0 Å². The highest BCUT2D eigenvalue weighted by Gasteiger charge is 2.30. The summed E-state index contributed by atoms with van der Waals surface area (Å²) in [5.74, 6) is -0.703. The van der Waals surface area contributed by atoms with Crippen LogP contribution in [0.25, 0.3) is 0 Å². The minimum Gasteiger partial charge on any atom is -0.480 e. The molecule has 0 aromatic carbocycles. The molecule has 1 saturated heterocycles. The summed E-state index contributed by atoms with van der Waals surface area (Å²) in [7, 11) is 0. The predicted molar refractivity (Wildman–Crippen MR) is 52.3 cm³/mol. The lowest BCUT2D eigenvalue weighted by Gasteiger charge is -2.21. The maximum absolute atomic E-state index is 10.9. The van der Waals surface area contributed by atoms with Crippen LogP contribution < -0.4 is 4.90 Å². The van der Waals surface area contributed by atoms with Gasteiger partial charge in [0.25, 0.3) is 0 Å². The van der Waals surface area contributed by atoms with Gasteiger partial charge < -0.3 is 10.0 Å². The van der Waals surface area contributed by atoms with E-state index in [9.17, 15) is 4.79 Å². The Hall–Kier alpha value is -1.03. The maximum atomic E-state index is 10.9. The molecule has 1 fully saturated rings. The average molecular weight is 197 g/mol. The molecule has 1 aromatic rings. The Morgan fingerprint density at radius 3 is 3.15 bits per heavy atom. The summed E-state index contributed by atoms with van der Waals surface area (Å²) in [5.41, 5.74) is 0. The van der Waals surface area contributed by atoms with Gasteiger partial charge in [0, 0.05) is 6.54 Å². The van der Waals surface area contributed by atoms with E-state index in [1.165, 1.54) is 0 Å². The zero-order valence-corrected chi connectivity index (χ0v) is 7.96. The van der Waals surface area contributed by atoms with Crippen molar-refractivity contribution in [1.29, 1.82) is 0 Å². The molecule has 1 atom stereocenters. The van der Waals surface area contributed by atoms with Gasteiger partial charge in [0.15, 0.2) is 0 Å². The maximum Gasteiger partial charge on any atom is 0.326 e. The Morgan fingerprint density at radius 1 is 1.69 bits per heavy atom. The SMILES string of the molecule is O=C(O)[C@@H]1CCCN1c1cccs1. The first-order chi connectivity index (χ1) is 6.29. The molecule has 2 heterocycles. The molecular formula is C9H11NO2S. The average Bonchev–Trinajstić information content (AvgIpc) is 2.74. The van der Waals surface area contributed by atoms with E-state index in [4.69, 9.17) is 5.11 Å². The molecule has 0 unspecified atom stereocenters. The van der Waals surface area contributed by atoms with Crippen molar-refractivity contribution in [3.63, 3.8) is 0 Å². The second-order valence-electron chi connectivity index (χ2n) is 3.14. The number of carboxylic acids is 1. The fraction of sp³-hybridized carbons (Fsp3) is 0.444. The summed E-state index contributed by atoms with van der Waals surface area (Å²) < 4.78 is 0. The van der Waals surface area contributed by atoms with Gasteiger partial charge in [-0.25, -0.2) is 4.79 Å². The van der Waals surface area contributed by atoms with Gasteiger partial charge in [-0.05, 0) is 30.4 Å². The van der Waals surface area contributed by atoms with Crippen molar-refractivity contribution < 1.29 is 9.90 Å². The standard InChI is InChI=1S/C9H11NO2S/c11-9(12)7-3-1-5-10(7)8-4-2-6-13-8/h2,4,6-7H,1,3,5H2,(H,11,12)/t7-/m0/s1. The van der Waals surface area contributed by atoms with E-state index in [-0.39, 0.29) is 6.04 Å². The Kier molecular flexibility index (Phi) is 2.22. The van der Waals surface area contributed by atoms with Gasteiger partial charge in [0.1, 0.15) is 6.04 Å². The van der Waals surface area contributed by atoms with Crippen molar-refractivity contribution in [2.75, 3.05) is 11.4 Å². The second-order valence-corrected chi connectivity index (χ2v) is 4.07. The fourth-order valence-electron chi connectivity index (χ4n) is 1.72. The lowest BCUT2D eigenvalue weighted by Crippen LogP contribution is -2.35. The third-order valence-electron chi connectivity index (χ3n) is 2.33. The van der Waals surface area contributed by atoms with Crippen LogP contribution in [-0.4, -0.2) is 23.7 Å². The van der Waals surface area contributed by atoms with Crippen molar-refractivity contribution in [3.8, 4) is 0 Å². The first-order valence-electron chi connectivity index (χ1n) is 4.32. The third-order valence-corrected chi connectivity index (χ3v) is 3.23. The molecule has 2 rings (SSSR count). The number of rotatable bonds is 2.